The molecule has 3 aromatic rings. The summed E-state index contributed by atoms with van der Waals surface area (Å²) in [7, 11) is -2.72. The fourth-order valence-corrected chi connectivity index (χ4v) is 8.48. The van der Waals surface area contributed by atoms with Crippen LogP contribution in [0.25, 0.3) is 0 Å². The van der Waals surface area contributed by atoms with Crippen molar-refractivity contribution in [3.05, 3.63) is 91.0 Å². The third kappa shape index (κ3) is 3.79. The summed E-state index contributed by atoms with van der Waals surface area (Å²) in [5.74, 6) is -1.14. The maximum absolute atomic E-state index is 17.0. The number of nitrogens with zero attached hydrogens (tertiary/aromatic N) is 1. The third-order valence-corrected chi connectivity index (χ3v) is 9.79. The molecule has 1 aliphatic rings. The van der Waals surface area contributed by atoms with E-state index in [0.717, 1.165) is 22.3 Å². The minimum Gasteiger partial charge on any atom is -0.473 e. The molecule has 2 nitrogen and oxygen atoms in total. The van der Waals surface area contributed by atoms with Gasteiger partial charge in [0.1, 0.15) is 15.9 Å². The third-order valence-electron chi connectivity index (χ3n) is 5.56. The molecule has 0 amide bonds. The summed E-state index contributed by atoms with van der Waals surface area (Å²) in [6.45, 7) is 6.09. The van der Waals surface area contributed by atoms with E-state index in [1.807, 2.05) is 112 Å². The number of rotatable bonds is 5. The van der Waals surface area contributed by atoms with Crippen LogP contribution in [-0.2, 0) is 4.74 Å². The Morgan fingerprint density at radius 1 is 0.833 bits per heavy atom. The molecule has 0 saturated heterocycles. The maximum Gasteiger partial charge on any atom is 0.292 e. The van der Waals surface area contributed by atoms with Crippen molar-refractivity contribution < 1.29 is 9.13 Å². The average Bonchev–Trinajstić information content (AvgIpc) is 2.75. The van der Waals surface area contributed by atoms with Crippen molar-refractivity contribution in [1.82, 2.24) is 0 Å². The zero-order valence-corrected chi connectivity index (χ0v) is 18.6. The summed E-state index contributed by atoms with van der Waals surface area (Å²) in [5, 5.41) is 2.95. The van der Waals surface area contributed by atoms with Gasteiger partial charge in [0.25, 0.3) is 11.8 Å². The van der Waals surface area contributed by atoms with Crippen LogP contribution in [0, 0.1) is 0 Å². The van der Waals surface area contributed by atoms with Gasteiger partial charge < -0.3 is 4.74 Å². The Morgan fingerprint density at radius 3 is 1.60 bits per heavy atom. The van der Waals surface area contributed by atoms with Gasteiger partial charge >= 0.3 is 0 Å². The Morgan fingerprint density at radius 2 is 1.23 bits per heavy atom. The van der Waals surface area contributed by atoms with Crippen molar-refractivity contribution in [2.75, 3.05) is 0 Å². The van der Waals surface area contributed by atoms with E-state index in [0.29, 0.717) is 0 Å². The molecular formula is C26H28FNOP+. The molecule has 4 rings (SSSR count). The zero-order valence-electron chi connectivity index (χ0n) is 17.7. The van der Waals surface area contributed by atoms with Gasteiger partial charge in [-0.1, -0.05) is 54.6 Å². The predicted molar refractivity (Wildman–Crippen MR) is 127 cm³/mol. The highest BCUT2D eigenvalue weighted by Crippen LogP contribution is 2.61. The van der Waals surface area contributed by atoms with Crippen LogP contribution >= 0.6 is 7.26 Å². The highest BCUT2D eigenvalue weighted by molar-refractivity contribution is 7.96. The van der Waals surface area contributed by atoms with Crippen molar-refractivity contribution in [1.29, 1.82) is 0 Å². The van der Waals surface area contributed by atoms with E-state index in [2.05, 4.69) is 0 Å². The molecule has 0 aromatic heterocycles. The Bertz CT molecular complexity index is 908. The second-order valence-electron chi connectivity index (χ2n) is 8.46. The van der Waals surface area contributed by atoms with Gasteiger partial charge in [0.15, 0.2) is 7.26 Å². The van der Waals surface area contributed by atoms with Crippen molar-refractivity contribution in [3.63, 3.8) is 0 Å². The van der Waals surface area contributed by atoms with Crippen LogP contribution in [0.4, 0.5) is 4.39 Å². The molecule has 2 atom stereocenters. The average molecular weight is 420 g/mol. The van der Waals surface area contributed by atoms with E-state index < -0.39 is 13.2 Å². The first-order valence-corrected chi connectivity index (χ1v) is 12.3. The van der Waals surface area contributed by atoms with Gasteiger partial charge in [0, 0.05) is 6.42 Å². The number of benzene rings is 3. The van der Waals surface area contributed by atoms with Gasteiger partial charge in [0.2, 0.25) is 0 Å². The van der Waals surface area contributed by atoms with E-state index in [-0.39, 0.29) is 17.5 Å². The number of hydrogen-bond acceptors (Lipinski definition) is 2. The van der Waals surface area contributed by atoms with Crippen LogP contribution in [0.3, 0.4) is 0 Å². The number of hydrogen-bond donors (Lipinski definition) is 0. The van der Waals surface area contributed by atoms with E-state index in [4.69, 9.17) is 9.73 Å². The molecule has 0 N–H and O–H groups in total. The van der Waals surface area contributed by atoms with Crippen LogP contribution in [0.5, 0.6) is 0 Å². The lowest BCUT2D eigenvalue weighted by Gasteiger charge is -2.36. The minimum absolute atomic E-state index is 0.0741. The van der Waals surface area contributed by atoms with Gasteiger partial charge in [-0.3, -0.25) is 0 Å². The number of aliphatic imine (C=N–C) groups is 1. The summed E-state index contributed by atoms with van der Waals surface area (Å²) in [4.78, 5) is 4.75. The summed E-state index contributed by atoms with van der Waals surface area (Å²) >= 11 is 0. The van der Waals surface area contributed by atoms with Crippen molar-refractivity contribution >= 4 is 29.1 Å². The van der Waals surface area contributed by atoms with E-state index in [1.165, 1.54) is 0 Å². The lowest BCUT2D eigenvalue weighted by molar-refractivity contribution is 0.133. The molecule has 0 aliphatic carbocycles. The molecule has 0 bridgehead atoms. The lowest BCUT2D eigenvalue weighted by atomic mass is 9.97. The van der Waals surface area contributed by atoms with Gasteiger partial charge in [-0.15, -0.1) is 0 Å². The Balaban J connectivity index is 2.02. The molecular weight excluding hydrogens is 392 g/mol. The van der Waals surface area contributed by atoms with Gasteiger partial charge in [-0.05, 0) is 57.2 Å². The number of halogens is 1. The first kappa shape index (κ1) is 20.8. The topological polar surface area (TPSA) is 21.6 Å². The zero-order chi connectivity index (χ0) is 21.2. The van der Waals surface area contributed by atoms with Crippen LogP contribution in [0.2, 0.25) is 0 Å². The van der Waals surface area contributed by atoms with Crippen LogP contribution in [0.15, 0.2) is 96.0 Å². The molecule has 2 unspecified atom stereocenters. The second kappa shape index (κ2) is 8.32. The molecule has 3 aromatic carbocycles. The first-order chi connectivity index (χ1) is 14.4. The fourth-order valence-electron chi connectivity index (χ4n) is 4.43. The number of alkyl halides is 1. The van der Waals surface area contributed by atoms with Crippen LogP contribution in [0.1, 0.15) is 27.2 Å². The molecule has 0 radical (unpaired) electrons. The molecule has 4 heteroatoms. The van der Waals surface area contributed by atoms with E-state index >= 15 is 4.39 Å². The van der Waals surface area contributed by atoms with Crippen molar-refractivity contribution in [3.8, 4) is 0 Å². The summed E-state index contributed by atoms with van der Waals surface area (Å²) in [6.07, 6.45) is 0.700. The number of ether oxygens (including phenoxy) is 1. The summed E-state index contributed by atoms with van der Waals surface area (Å²) < 4.78 is 23.0. The minimum atomic E-state index is -2.72. The highest BCUT2D eigenvalue weighted by atomic mass is 31.2. The Kier molecular flexibility index (Phi) is 5.75. The molecule has 0 spiro atoms. The monoisotopic (exact) mass is 420 g/mol. The van der Waals surface area contributed by atoms with Gasteiger partial charge in [-0.2, -0.15) is 4.39 Å². The van der Waals surface area contributed by atoms with Gasteiger partial charge in [-0.25, -0.2) is 4.99 Å². The predicted octanol–water partition coefficient (Wildman–Crippen LogP) is 5.26. The van der Waals surface area contributed by atoms with Crippen LogP contribution < -0.4 is 15.9 Å². The molecule has 1 heterocycles. The Labute approximate surface area is 179 Å². The highest BCUT2D eigenvalue weighted by Gasteiger charge is 2.57. The SMILES string of the molecule is CC1CC(C)(C)N=C(C(F)[P+](c2ccccc2)(c2ccccc2)c2ccccc2)O1. The standard InChI is InChI=1S/C26H28FNOP/c1-20-19-26(2,3)28-25(29-20)24(27)30(21-13-7-4-8-14-21,22-15-9-5-10-16-22)23-17-11-6-12-18-23/h4-18,20,24H,19H2,1-3H3/q+1. The molecule has 0 saturated carbocycles. The Hall–Kier alpha value is -2.51. The van der Waals surface area contributed by atoms with Gasteiger partial charge in [0.05, 0.1) is 11.6 Å². The summed E-state index contributed by atoms with van der Waals surface area (Å²) in [5.41, 5.74) is -0.350. The fraction of sp³-hybridized carbons (Fsp3) is 0.269. The van der Waals surface area contributed by atoms with E-state index in [1.54, 1.807) is 0 Å². The largest absolute Gasteiger partial charge is 0.473 e. The lowest BCUT2D eigenvalue weighted by Crippen LogP contribution is -2.45. The quantitative estimate of drug-likeness (QED) is 0.516. The van der Waals surface area contributed by atoms with E-state index in [9.17, 15) is 0 Å². The molecule has 30 heavy (non-hydrogen) atoms. The normalized spacial score (nSPS) is 19.5. The van der Waals surface area contributed by atoms with Crippen molar-refractivity contribution in [2.45, 2.75) is 44.7 Å². The molecule has 0 fully saturated rings. The van der Waals surface area contributed by atoms with Crippen molar-refractivity contribution in [2.24, 2.45) is 4.99 Å². The summed E-state index contributed by atoms with van der Waals surface area (Å²) in [6, 6.07) is 30.1. The van der Waals surface area contributed by atoms with Crippen LogP contribution in [-0.4, -0.2) is 23.5 Å². The first-order valence-electron chi connectivity index (χ1n) is 10.4. The second-order valence-corrected chi connectivity index (χ2v) is 11.9. The molecule has 154 valence electrons. The molecule has 1 aliphatic heterocycles. The maximum atomic E-state index is 17.0. The smallest absolute Gasteiger partial charge is 0.292 e.